The lowest BCUT2D eigenvalue weighted by Crippen LogP contribution is -2.17. The molecular formula is C6H14N+. The van der Waals surface area contributed by atoms with Crippen LogP contribution in [0.3, 0.4) is 0 Å². The quantitative estimate of drug-likeness (QED) is 0.526. The van der Waals surface area contributed by atoms with Gasteiger partial charge in [-0.25, -0.2) is 0 Å². The average Bonchev–Trinajstić information content (AvgIpc) is 1.61. The SMILES string of the molecule is CCNC[C+](C)C. The summed E-state index contributed by atoms with van der Waals surface area (Å²) < 4.78 is 0. The standard InChI is InChI=1S/C6H14N/c1-4-7-5-6(2)3/h7H,4-5H2,1-3H3/q+1. The molecule has 0 aliphatic carbocycles. The van der Waals surface area contributed by atoms with E-state index in [1.807, 2.05) is 0 Å². The van der Waals surface area contributed by atoms with E-state index in [1.54, 1.807) is 0 Å². The molecule has 0 unspecified atom stereocenters. The van der Waals surface area contributed by atoms with Gasteiger partial charge in [-0.15, -0.1) is 0 Å². The molecule has 0 bridgehead atoms. The van der Waals surface area contributed by atoms with Crippen LogP contribution in [0.1, 0.15) is 20.8 Å². The summed E-state index contributed by atoms with van der Waals surface area (Å²) in [6.45, 7) is 8.51. The highest BCUT2D eigenvalue weighted by molar-refractivity contribution is 4.78. The molecule has 1 heteroatoms. The third-order valence-corrected chi connectivity index (χ3v) is 0.729. The molecule has 7 heavy (non-hydrogen) atoms. The minimum absolute atomic E-state index is 1.07. The molecule has 0 spiro atoms. The second-order valence-corrected chi connectivity index (χ2v) is 1.99. The van der Waals surface area contributed by atoms with Crippen LogP contribution >= 0.6 is 0 Å². The Hall–Kier alpha value is -0.170. The third-order valence-electron chi connectivity index (χ3n) is 0.729. The second kappa shape index (κ2) is 4.00. The Morgan fingerprint density at radius 2 is 2.00 bits per heavy atom. The zero-order valence-electron chi connectivity index (χ0n) is 5.41. The molecule has 0 saturated heterocycles. The topological polar surface area (TPSA) is 12.0 Å². The van der Waals surface area contributed by atoms with Gasteiger partial charge in [0.2, 0.25) is 0 Å². The summed E-state index contributed by atoms with van der Waals surface area (Å²) in [5, 5.41) is 3.21. The predicted octanol–water partition coefficient (Wildman–Crippen LogP) is 1.21. The van der Waals surface area contributed by atoms with E-state index in [-0.39, 0.29) is 0 Å². The van der Waals surface area contributed by atoms with Gasteiger partial charge >= 0.3 is 0 Å². The number of hydrogen-bond acceptors (Lipinski definition) is 1. The molecule has 0 amide bonds. The van der Waals surface area contributed by atoms with E-state index >= 15 is 0 Å². The van der Waals surface area contributed by atoms with Crippen molar-refractivity contribution in [3.8, 4) is 0 Å². The zero-order valence-corrected chi connectivity index (χ0v) is 5.41. The first-order valence-electron chi connectivity index (χ1n) is 2.77. The van der Waals surface area contributed by atoms with Crippen molar-refractivity contribution in [3.05, 3.63) is 5.92 Å². The Bertz CT molecular complexity index is 33.2. The van der Waals surface area contributed by atoms with E-state index in [4.69, 9.17) is 0 Å². The maximum Gasteiger partial charge on any atom is 0.140 e. The number of rotatable bonds is 3. The van der Waals surface area contributed by atoms with Crippen LogP contribution in [0.4, 0.5) is 0 Å². The van der Waals surface area contributed by atoms with Crippen molar-refractivity contribution in [1.29, 1.82) is 0 Å². The monoisotopic (exact) mass is 100 g/mol. The van der Waals surface area contributed by atoms with Gasteiger partial charge in [0.1, 0.15) is 6.54 Å². The van der Waals surface area contributed by atoms with Gasteiger partial charge in [0.25, 0.3) is 0 Å². The van der Waals surface area contributed by atoms with Crippen LogP contribution in [0.25, 0.3) is 0 Å². The van der Waals surface area contributed by atoms with Crippen LogP contribution in [0, 0.1) is 5.92 Å². The molecule has 0 saturated carbocycles. The first-order chi connectivity index (χ1) is 3.27. The molecule has 0 radical (unpaired) electrons. The van der Waals surface area contributed by atoms with Crippen molar-refractivity contribution in [3.63, 3.8) is 0 Å². The molecule has 0 rings (SSSR count). The lowest BCUT2D eigenvalue weighted by atomic mass is 10.2. The molecule has 0 aromatic rings. The highest BCUT2D eigenvalue weighted by atomic mass is 14.8. The molecule has 0 aromatic carbocycles. The Morgan fingerprint density at radius 1 is 1.43 bits per heavy atom. The van der Waals surface area contributed by atoms with Gasteiger partial charge in [-0.1, -0.05) is 6.92 Å². The predicted molar refractivity (Wildman–Crippen MR) is 33.1 cm³/mol. The van der Waals surface area contributed by atoms with Crippen LogP contribution in [0.5, 0.6) is 0 Å². The van der Waals surface area contributed by atoms with Gasteiger partial charge in [0, 0.05) is 0 Å². The zero-order chi connectivity index (χ0) is 5.70. The van der Waals surface area contributed by atoms with Crippen molar-refractivity contribution in [2.24, 2.45) is 0 Å². The van der Waals surface area contributed by atoms with Crippen LogP contribution in [0.15, 0.2) is 0 Å². The Labute approximate surface area is 46.1 Å². The lowest BCUT2D eigenvalue weighted by Gasteiger charge is -1.92. The van der Waals surface area contributed by atoms with Crippen LogP contribution in [-0.4, -0.2) is 13.1 Å². The van der Waals surface area contributed by atoms with Gasteiger partial charge in [0.15, 0.2) is 0 Å². The van der Waals surface area contributed by atoms with E-state index < -0.39 is 0 Å². The smallest absolute Gasteiger partial charge is 0.140 e. The van der Waals surface area contributed by atoms with E-state index in [9.17, 15) is 0 Å². The van der Waals surface area contributed by atoms with E-state index in [1.165, 1.54) is 5.92 Å². The van der Waals surface area contributed by atoms with Crippen LogP contribution in [-0.2, 0) is 0 Å². The summed E-state index contributed by atoms with van der Waals surface area (Å²) in [4.78, 5) is 0. The molecule has 0 heterocycles. The fraction of sp³-hybridized carbons (Fsp3) is 0.833. The molecule has 0 aliphatic rings. The lowest BCUT2D eigenvalue weighted by molar-refractivity contribution is 0.727. The summed E-state index contributed by atoms with van der Waals surface area (Å²) in [6, 6.07) is 0. The van der Waals surface area contributed by atoms with E-state index in [0.29, 0.717) is 0 Å². The molecule has 0 aromatic heterocycles. The first kappa shape index (κ1) is 6.83. The first-order valence-corrected chi connectivity index (χ1v) is 2.77. The van der Waals surface area contributed by atoms with E-state index in [0.717, 1.165) is 13.1 Å². The van der Waals surface area contributed by atoms with Crippen molar-refractivity contribution in [1.82, 2.24) is 5.32 Å². The van der Waals surface area contributed by atoms with Gasteiger partial charge in [-0.3, -0.25) is 5.32 Å². The Balaban J connectivity index is 2.68. The third kappa shape index (κ3) is 5.83. The fourth-order valence-electron chi connectivity index (χ4n) is 0.375. The molecule has 1 N–H and O–H groups in total. The normalized spacial score (nSPS) is 9.00. The molecule has 1 nitrogen and oxygen atoms in total. The summed E-state index contributed by atoms with van der Waals surface area (Å²) in [5.41, 5.74) is 0. The average molecular weight is 100 g/mol. The molecular weight excluding hydrogens is 86.1 g/mol. The largest absolute Gasteiger partial charge is 0.279 e. The van der Waals surface area contributed by atoms with Crippen LogP contribution < -0.4 is 5.32 Å². The fourth-order valence-corrected chi connectivity index (χ4v) is 0.375. The van der Waals surface area contributed by atoms with Gasteiger partial charge < -0.3 is 0 Å². The minimum atomic E-state index is 1.07. The summed E-state index contributed by atoms with van der Waals surface area (Å²) in [6.07, 6.45) is 0. The Kier molecular flexibility index (Phi) is 3.90. The van der Waals surface area contributed by atoms with Gasteiger partial charge in [0.05, 0.1) is 19.8 Å². The minimum Gasteiger partial charge on any atom is -0.279 e. The molecule has 42 valence electrons. The maximum atomic E-state index is 3.21. The number of hydrogen-bond donors (Lipinski definition) is 1. The van der Waals surface area contributed by atoms with Gasteiger partial charge in [-0.2, -0.15) is 0 Å². The van der Waals surface area contributed by atoms with Crippen molar-refractivity contribution in [2.75, 3.05) is 13.1 Å². The molecule has 0 aliphatic heterocycles. The van der Waals surface area contributed by atoms with E-state index in [2.05, 4.69) is 26.1 Å². The highest BCUT2D eigenvalue weighted by Crippen LogP contribution is 1.88. The highest BCUT2D eigenvalue weighted by Gasteiger charge is 1.98. The molecule has 0 atom stereocenters. The van der Waals surface area contributed by atoms with Crippen LogP contribution in [0.2, 0.25) is 0 Å². The molecule has 0 fully saturated rings. The summed E-state index contributed by atoms with van der Waals surface area (Å²) >= 11 is 0. The summed E-state index contributed by atoms with van der Waals surface area (Å²) in [7, 11) is 0. The van der Waals surface area contributed by atoms with Crippen molar-refractivity contribution >= 4 is 0 Å². The summed E-state index contributed by atoms with van der Waals surface area (Å²) in [5.74, 6) is 1.45. The van der Waals surface area contributed by atoms with Gasteiger partial charge in [-0.05, 0) is 6.54 Å². The second-order valence-electron chi connectivity index (χ2n) is 1.99. The van der Waals surface area contributed by atoms with Crippen molar-refractivity contribution < 1.29 is 0 Å². The Morgan fingerprint density at radius 3 is 2.14 bits per heavy atom. The maximum absolute atomic E-state index is 3.21. The number of nitrogens with one attached hydrogen (secondary N) is 1. The van der Waals surface area contributed by atoms with Crippen molar-refractivity contribution in [2.45, 2.75) is 20.8 Å².